The summed E-state index contributed by atoms with van der Waals surface area (Å²) in [5, 5.41) is 9.59. The summed E-state index contributed by atoms with van der Waals surface area (Å²) in [6, 6.07) is 13.2. The molecule has 0 aliphatic carbocycles. The SMILES string of the molecule is O=C(O)[C@H]1c2ccccc2COc2ccc(I)cc21. The van der Waals surface area contributed by atoms with Crippen molar-refractivity contribution in [2.45, 2.75) is 12.5 Å². The molecule has 1 atom stereocenters. The highest BCUT2D eigenvalue weighted by atomic mass is 127. The molecule has 0 unspecified atom stereocenters. The number of hydrogen-bond acceptors (Lipinski definition) is 2. The lowest BCUT2D eigenvalue weighted by atomic mass is 9.88. The monoisotopic (exact) mass is 366 g/mol. The van der Waals surface area contributed by atoms with E-state index in [0.29, 0.717) is 12.4 Å². The Labute approximate surface area is 124 Å². The van der Waals surface area contributed by atoms with Crippen LogP contribution in [0.5, 0.6) is 5.75 Å². The summed E-state index contributed by atoms with van der Waals surface area (Å²) in [4.78, 5) is 11.7. The molecule has 1 aliphatic heterocycles. The lowest BCUT2D eigenvalue weighted by molar-refractivity contribution is -0.137. The summed E-state index contributed by atoms with van der Waals surface area (Å²) < 4.78 is 6.75. The molecule has 0 fully saturated rings. The Morgan fingerprint density at radius 3 is 2.79 bits per heavy atom. The van der Waals surface area contributed by atoms with Gasteiger partial charge in [0.1, 0.15) is 18.3 Å². The summed E-state index contributed by atoms with van der Waals surface area (Å²) in [5.74, 6) is -0.853. The molecule has 1 N–H and O–H groups in total. The number of halogens is 1. The largest absolute Gasteiger partial charge is 0.489 e. The van der Waals surface area contributed by atoms with Crippen LogP contribution in [0.3, 0.4) is 0 Å². The Morgan fingerprint density at radius 2 is 2.00 bits per heavy atom. The normalized spacial score (nSPS) is 16.8. The van der Waals surface area contributed by atoms with Gasteiger partial charge in [-0.25, -0.2) is 0 Å². The van der Waals surface area contributed by atoms with Crippen LogP contribution in [-0.2, 0) is 11.4 Å². The molecule has 0 radical (unpaired) electrons. The van der Waals surface area contributed by atoms with E-state index in [0.717, 1.165) is 20.3 Å². The number of carbonyl (C=O) groups is 1. The van der Waals surface area contributed by atoms with Crippen molar-refractivity contribution in [2.75, 3.05) is 0 Å². The minimum Gasteiger partial charge on any atom is -0.489 e. The predicted molar refractivity (Wildman–Crippen MR) is 79.4 cm³/mol. The maximum atomic E-state index is 11.7. The van der Waals surface area contributed by atoms with Gasteiger partial charge < -0.3 is 9.84 Å². The van der Waals surface area contributed by atoms with Crippen LogP contribution >= 0.6 is 22.6 Å². The van der Waals surface area contributed by atoms with Gasteiger partial charge in [0, 0.05) is 9.13 Å². The Hall–Kier alpha value is -1.56. The molecule has 2 aromatic carbocycles. The average molecular weight is 366 g/mol. The zero-order valence-electron chi connectivity index (χ0n) is 9.97. The summed E-state index contributed by atoms with van der Waals surface area (Å²) in [5.41, 5.74) is 2.47. The van der Waals surface area contributed by atoms with Crippen molar-refractivity contribution in [1.29, 1.82) is 0 Å². The molecule has 0 saturated carbocycles. The molecule has 1 heterocycles. The summed E-state index contributed by atoms with van der Waals surface area (Å²) in [6.07, 6.45) is 0. The zero-order chi connectivity index (χ0) is 13.4. The van der Waals surface area contributed by atoms with E-state index in [9.17, 15) is 9.90 Å². The van der Waals surface area contributed by atoms with Crippen LogP contribution in [0.2, 0.25) is 0 Å². The van der Waals surface area contributed by atoms with E-state index in [1.54, 1.807) is 0 Å². The average Bonchev–Trinajstić information content (AvgIpc) is 2.54. The van der Waals surface area contributed by atoms with E-state index < -0.39 is 11.9 Å². The van der Waals surface area contributed by atoms with E-state index >= 15 is 0 Å². The van der Waals surface area contributed by atoms with Crippen molar-refractivity contribution in [1.82, 2.24) is 0 Å². The van der Waals surface area contributed by atoms with E-state index in [1.807, 2.05) is 42.5 Å². The van der Waals surface area contributed by atoms with E-state index in [4.69, 9.17) is 4.74 Å². The van der Waals surface area contributed by atoms with Gasteiger partial charge in [0.2, 0.25) is 0 Å². The van der Waals surface area contributed by atoms with Gasteiger partial charge in [0.15, 0.2) is 0 Å². The first-order chi connectivity index (χ1) is 9.16. The van der Waals surface area contributed by atoms with Crippen LogP contribution in [0.1, 0.15) is 22.6 Å². The van der Waals surface area contributed by atoms with Crippen molar-refractivity contribution >= 4 is 28.6 Å². The van der Waals surface area contributed by atoms with Crippen molar-refractivity contribution in [3.63, 3.8) is 0 Å². The molecule has 0 amide bonds. The quantitative estimate of drug-likeness (QED) is 0.787. The van der Waals surface area contributed by atoms with Crippen LogP contribution in [0.15, 0.2) is 42.5 Å². The van der Waals surface area contributed by atoms with Gasteiger partial charge in [-0.3, -0.25) is 4.79 Å². The third kappa shape index (κ3) is 2.20. The van der Waals surface area contributed by atoms with Gasteiger partial charge in [-0.15, -0.1) is 0 Å². The van der Waals surface area contributed by atoms with Gasteiger partial charge >= 0.3 is 5.97 Å². The highest BCUT2D eigenvalue weighted by Gasteiger charge is 2.30. The summed E-state index contributed by atoms with van der Waals surface area (Å²) >= 11 is 2.18. The van der Waals surface area contributed by atoms with Crippen molar-refractivity contribution in [3.8, 4) is 5.75 Å². The zero-order valence-corrected chi connectivity index (χ0v) is 12.1. The number of hydrogen-bond donors (Lipinski definition) is 1. The maximum Gasteiger partial charge on any atom is 0.315 e. The second-order valence-electron chi connectivity index (χ2n) is 4.44. The summed E-state index contributed by atoms with van der Waals surface area (Å²) in [6.45, 7) is 0.410. The first-order valence-corrected chi connectivity index (χ1v) is 6.97. The number of aliphatic carboxylic acids is 1. The fourth-order valence-electron chi connectivity index (χ4n) is 2.41. The number of carboxylic acid groups (broad SMARTS) is 1. The number of ether oxygens (including phenoxy) is 1. The molecule has 0 aromatic heterocycles. The smallest absolute Gasteiger partial charge is 0.315 e. The predicted octanol–water partition coefficient (Wildman–Crippen LogP) is 3.40. The lowest BCUT2D eigenvalue weighted by Crippen LogP contribution is -2.13. The van der Waals surface area contributed by atoms with Crippen LogP contribution in [0.25, 0.3) is 0 Å². The molecule has 3 rings (SSSR count). The van der Waals surface area contributed by atoms with Gasteiger partial charge in [0.25, 0.3) is 0 Å². The first kappa shape index (κ1) is 12.5. The van der Waals surface area contributed by atoms with Crippen LogP contribution in [0.4, 0.5) is 0 Å². The molecule has 0 spiro atoms. The minimum absolute atomic E-state index is 0.410. The Balaban J connectivity index is 2.25. The molecule has 3 nitrogen and oxygen atoms in total. The topological polar surface area (TPSA) is 46.5 Å². The number of rotatable bonds is 1. The molecular formula is C15H11IO3. The van der Waals surface area contributed by atoms with E-state index in [2.05, 4.69) is 22.6 Å². The van der Waals surface area contributed by atoms with Crippen LogP contribution < -0.4 is 4.74 Å². The molecule has 4 heteroatoms. The highest BCUT2D eigenvalue weighted by Crippen LogP contribution is 2.38. The third-order valence-corrected chi connectivity index (χ3v) is 3.95. The first-order valence-electron chi connectivity index (χ1n) is 5.89. The second kappa shape index (κ2) is 4.85. The molecule has 2 aromatic rings. The molecule has 19 heavy (non-hydrogen) atoms. The summed E-state index contributed by atoms with van der Waals surface area (Å²) in [7, 11) is 0. The Kier molecular flexibility index (Phi) is 3.18. The highest BCUT2D eigenvalue weighted by molar-refractivity contribution is 14.1. The van der Waals surface area contributed by atoms with Gasteiger partial charge in [0.05, 0.1) is 0 Å². The Morgan fingerprint density at radius 1 is 1.21 bits per heavy atom. The molecule has 1 aliphatic rings. The fraction of sp³-hybridized carbons (Fsp3) is 0.133. The van der Waals surface area contributed by atoms with Crippen LogP contribution in [0, 0.1) is 3.57 Å². The van der Waals surface area contributed by atoms with Gasteiger partial charge in [-0.2, -0.15) is 0 Å². The van der Waals surface area contributed by atoms with Crippen molar-refractivity contribution < 1.29 is 14.6 Å². The fourth-order valence-corrected chi connectivity index (χ4v) is 2.93. The minimum atomic E-state index is -0.846. The second-order valence-corrected chi connectivity index (χ2v) is 5.69. The van der Waals surface area contributed by atoms with Gasteiger partial charge in [-0.05, 0) is 51.9 Å². The van der Waals surface area contributed by atoms with Crippen molar-refractivity contribution in [3.05, 3.63) is 62.7 Å². The van der Waals surface area contributed by atoms with E-state index in [1.165, 1.54) is 0 Å². The molecule has 0 saturated heterocycles. The standard InChI is InChI=1S/C15H11IO3/c16-10-5-6-13-12(7-10)14(15(17)18)11-4-2-1-3-9(11)8-19-13/h1-7,14H,8H2,(H,17,18)/t14-/m0/s1. The lowest BCUT2D eigenvalue weighted by Gasteiger charge is -2.14. The molecule has 96 valence electrons. The van der Waals surface area contributed by atoms with Gasteiger partial charge in [-0.1, -0.05) is 24.3 Å². The maximum absolute atomic E-state index is 11.7. The van der Waals surface area contributed by atoms with Crippen LogP contribution in [-0.4, -0.2) is 11.1 Å². The van der Waals surface area contributed by atoms with E-state index in [-0.39, 0.29) is 0 Å². The Bertz CT molecular complexity index is 652. The third-order valence-electron chi connectivity index (χ3n) is 3.28. The molecule has 0 bridgehead atoms. The number of carboxylic acids is 1. The molecular weight excluding hydrogens is 355 g/mol. The number of fused-ring (bicyclic) bond motifs is 2. The van der Waals surface area contributed by atoms with Crippen molar-refractivity contribution in [2.24, 2.45) is 0 Å². The number of benzene rings is 2.